The monoisotopic (exact) mass is 575 g/mol. The Bertz CT molecular complexity index is 1620. The number of ether oxygens (including phenoxy) is 1. The number of morpholine rings is 1. The summed E-state index contributed by atoms with van der Waals surface area (Å²) < 4.78 is 54.0. The van der Waals surface area contributed by atoms with Crippen molar-refractivity contribution in [1.82, 2.24) is 24.5 Å². The van der Waals surface area contributed by atoms with Gasteiger partial charge in [0.25, 0.3) is 0 Å². The minimum Gasteiger partial charge on any atom is -0.475 e. The summed E-state index contributed by atoms with van der Waals surface area (Å²) >= 11 is 1.65. The molecule has 208 valence electrons. The van der Waals surface area contributed by atoms with Crippen LogP contribution in [0.4, 0.5) is 29.3 Å². The highest BCUT2D eigenvalue weighted by molar-refractivity contribution is 7.18. The molecule has 10 nitrogen and oxygen atoms in total. The standard InChI is InChI=1S/C23H20FN7OS.C2HF3O2/c24-15-4-3-5-16(12-15)31-14-26-20-21(25-13-19-27-17-6-1-2-7-18(17)33-19)28-23(29-22(20)31)30-8-10-32-11-9-30;3-2(4,5)1(6)7/h1-7,12,14H,8-11,13H2,(H,25,28,29);(H,6,7). The van der Waals surface area contributed by atoms with E-state index in [-0.39, 0.29) is 5.82 Å². The Balaban J connectivity index is 0.000000411. The number of fused-ring (bicyclic) bond motifs is 2. The van der Waals surface area contributed by atoms with Gasteiger partial charge < -0.3 is 20.1 Å². The molecular formula is C25H21F4N7O3S. The van der Waals surface area contributed by atoms with Crippen LogP contribution in [-0.4, -0.2) is 68.1 Å². The zero-order chi connectivity index (χ0) is 28.3. The molecule has 0 amide bonds. The topological polar surface area (TPSA) is 118 Å². The number of benzene rings is 2. The lowest BCUT2D eigenvalue weighted by molar-refractivity contribution is -0.192. The number of para-hydroxylation sites is 1. The molecule has 0 spiro atoms. The van der Waals surface area contributed by atoms with E-state index in [2.05, 4.69) is 21.3 Å². The van der Waals surface area contributed by atoms with Crippen LogP contribution in [0.5, 0.6) is 0 Å². The van der Waals surface area contributed by atoms with E-state index in [1.807, 2.05) is 24.3 Å². The molecule has 0 atom stereocenters. The van der Waals surface area contributed by atoms with E-state index in [1.54, 1.807) is 28.3 Å². The molecule has 1 aliphatic heterocycles. The summed E-state index contributed by atoms with van der Waals surface area (Å²) in [6.45, 7) is 3.17. The molecule has 2 N–H and O–H groups in total. The van der Waals surface area contributed by atoms with E-state index in [1.165, 1.54) is 12.1 Å². The maximum Gasteiger partial charge on any atom is 0.490 e. The number of carboxylic acids is 1. The molecule has 0 bridgehead atoms. The lowest BCUT2D eigenvalue weighted by Crippen LogP contribution is -2.37. The number of rotatable bonds is 5. The Morgan fingerprint density at radius 1 is 1.07 bits per heavy atom. The Hall–Kier alpha value is -4.37. The first-order valence-electron chi connectivity index (χ1n) is 11.9. The van der Waals surface area contributed by atoms with Crippen LogP contribution in [0.25, 0.3) is 27.1 Å². The minimum atomic E-state index is -5.08. The van der Waals surface area contributed by atoms with Crippen molar-refractivity contribution in [1.29, 1.82) is 0 Å². The van der Waals surface area contributed by atoms with E-state index in [4.69, 9.17) is 29.6 Å². The van der Waals surface area contributed by atoms with Gasteiger partial charge in [-0.25, -0.2) is 19.2 Å². The average molecular weight is 576 g/mol. The van der Waals surface area contributed by atoms with Crippen molar-refractivity contribution >= 4 is 50.5 Å². The van der Waals surface area contributed by atoms with Gasteiger partial charge in [0.1, 0.15) is 17.2 Å². The van der Waals surface area contributed by atoms with E-state index in [0.717, 1.165) is 15.2 Å². The number of carboxylic acid groups (broad SMARTS) is 1. The SMILES string of the molecule is Fc1cccc(-n2cnc3c(NCc4nc5ccccc5s4)nc(N4CCOCC4)nc32)c1.O=C(O)C(F)(F)F. The third-order valence-electron chi connectivity index (χ3n) is 5.75. The maximum absolute atomic E-state index is 13.9. The van der Waals surface area contributed by atoms with Crippen LogP contribution >= 0.6 is 11.3 Å². The summed E-state index contributed by atoms with van der Waals surface area (Å²) in [6.07, 6.45) is -3.43. The van der Waals surface area contributed by atoms with Crippen molar-refractivity contribution in [2.75, 3.05) is 36.5 Å². The molecule has 3 aromatic heterocycles. The lowest BCUT2D eigenvalue weighted by Gasteiger charge is -2.27. The molecule has 1 aliphatic rings. The van der Waals surface area contributed by atoms with Crippen LogP contribution in [0.2, 0.25) is 0 Å². The van der Waals surface area contributed by atoms with Crippen molar-refractivity contribution in [3.63, 3.8) is 0 Å². The molecular weight excluding hydrogens is 554 g/mol. The molecule has 15 heteroatoms. The number of alkyl halides is 3. The van der Waals surface area contributed by atoms with Crippen molar-refractivity contribution < 1.29 is 32.2 Å². The summed E-state index contributed by atoms with van der Waals surface area (Å²) in [6, 6.07) is 14.5. The van der Waals surface area contributed by atoms with Gasteiger partial charge in [-0.15, -0.1) is 11.3 Å². The Kier molecular flexibility index (Phi) is 7.75. The molecule has 6 rings (SSSR count). The number of nitrogens with one attached hydrogen (secondary N) is 1. The molecule has 0 aliphatic carbocycles. The quantitative estimate of drug-likeness (QED) is 0.289. The number of thiazole rings is 1. The second-order valence-electron chi connectivity index (χ2n) is 8.47. The fourth-order valence-corrected chi connectivity index (χ4v) is 4.79. The predicted molar refractivity (Wildman–Crippen MR) is 140 cm³/mol. The number of anilines is 2. The van der Waals surface area contributed by atoms with Crippen LogP contribution in [-0.2, 0) is 16.1 Å². The number of aromatic nitrogens is 5. The van der Waals surface area contributed by atoms with E-state index in [0.29, 0.717) is 61.5 Å². The van der Waals surface area contributed by atoms with Gasteiger partial charge in [0.15, 0.2) is 17.0 Å². The molecule has 40 heavy (non-hydrogen) atoms. The van der Waals surface area contributed by atoms with Crippen LogP contribution < -0.4 is 10.2 Å². The summed E-state index contributed by atoms with van der Waals surface area (Å²) in [4.78, 5) is 29.8. The van der Waals surface area contributed by atoms with Crippen LogP contribution in [0.15, 0.2) is 54.9 Å². The number of nitrogens with zero attached hydrogens (tertiary/aromatic N) is 6. The summed E-state index contributed by atoms with van der Waals surface area (Å²) in [7, 11) is 0. The third-order valence-corrected chi connectivity index (χ3v) is 6.79. The smallest absolute Gasteiger partial charge is 0.475 e. The minimum absolute atomic E-state index is 0.314. The second kappa shape index (κ2) is 11.4. The Morgan fingerprint density at radius 3 is 2.52 bits per heavy atom. The largest absolute Gasteiger partial charge is 0.490 e. The van der Waals surface area contributed by atoms with Gasteiger partial charge in [-0.1, -0.05) is 18.2 Å². The van der Waals surface area contributed by atoms with E-state index >= 15 is 0 Å². The van der Waals surface area contributed by atoms with Crippen LogP contribution in [0, 0.1) is 5.82 Å². The van der Waals surface area contributed by atoms with Gasteiger partial charge in [0.05, 0.1) is 35.7 Å². The zero-order valence-electron chi connectivity index (χ0n) is 20.6. The number of hydrogen-bond donors (Lipinski definition) is 2. The van der Waals surface area contributed by atoms with Crippen LogP contribution in [0.3, 0.4) is 0 Å². The van der Waals surface area contributed by atoms with E-state index < -0.39 is 12.1 Å². The fraction of sp³-hybridized carbons (Fsp3) is 0.240. The van der Waals surface area contributed by atoms with Gasteiger partial charge in [-0.05, 0) is 30.3 Å². The normalized spacial score (nSPS) is 13.8. The Labute approximate surface area is 227 Å². The summed E-state index contributed by atoms with van der Waals surface area (Å²) in [5, 5.41) is 11.5. The predicted octanol–water partition coefficient (Wildman–Crippen LogP) is 4.65. The van der Waals surface area contributed by atoms with Crippen molar-refractivity contribution in [3.05, 3.63) is 65.7 Å². The van der Waals surface area contributed by atoms with Crippen molar-refractivity contribution in [2.45, 2.75) is 12.7 Å². The lowest BCUT2D eigenvalue weighted by atomic mass is 10.3. The van der Waals surface area contributed by atoms with Crippen molar-refractivity contribution in [3.8, 4) is 5.69 Å². The van der Waals surface area contributed by atoms with Gasteiger partial charge in [-0.3, -0.25) is 4.57 Å². The second-order valence-corrected chi connectivity index (χ2v) is 9.59. The highest BCUT2D eigenvalue weighted by Gasteiger charge is 2.38. The number of imidazole rings is 1. The van der Waals surface area contributed by atoms with Crippen LogP contribution in [0.1, 0.15) is 5.01 Å². The molecule has 2 aromatic carbocycles. The zero-order valence-corrected chi connectivity index (χ0v) is 21.4. The van der Waals surface area contributed by atoms with Gasteiger partial charge in [-0.2, -0.15) is 23.1 Å². The van der Waals surface area contributed by atoms with Gasteiger partial charge in [0.2, 0.25) is 5.95 Å². The summed E-state index contributed by atoms with van der Waals surface area (Å²) in [5.41, 5.74) is 2.87. The fourth-order valence-electron chi connectivity index (χ4n) is 3.89. The first kappa shape index (κ1) is 27.2. The number of carbonyl (C=O) groups is 1. The molecule has 0 unspecified atom stereocenters. The molecule has 0 radical (unpaired) electrons. The first-order chi connectivity index (χ1) is 19.2. The average Bonchev–Trinajstić information content (AvgIpc) is 3.56. The van der Waals surface area contributed by atoms with Gasteiger partial charge >= 0.3 is 12.1 Å². The number of aliphatic carboxylic acids is 1. The van der Waals surface area contributed by atoms with E-state index in [9.17, 15) is 17.6 Å². The molecule has 0 saturated carbocycles. The molecule has 1 saturated heterocycles. The Morgan fingerprint density at radius 2 is 1.82 bits per heavy atom. The van der Waals surface area contributed by atoms with Crippen molar-refractivity contribution in [2.24, 2.45) is 0 Å². The molecule has 4 heterocycles. The number of hydrogen-bond acceptors (Lipinski definition) is 9. The highest BCUT2D eigenvalue weighted by atomic mass is 32.1. The first-order valence-corrected chi connectivity index (χ1v) is 12.7. The summed E-state index contributed by atoms with van der Waals surface area (Å²) in [5.74, 6) is -1.86. The number of halogens is 4. The maximum atomic E-state index is 13.9. The molecule has 1 fully saturated rings. The molecule has 5 aromatic rings. The van der Waals surface area contributed by atoms with Gasteiger partial charge in [0, 0.05) is 13.1 Å². The third kappa shape index (κ3) is 6.10. The highest BCUT2D eigenvalue weighted by Crippen LogP contribution is 2.27.